The van der Waals surface area contributed by atoms with Crippen molar-refractivity contribution < 1.29 is 4.39 Å². The molecule has 0 aromatic heterocycles. The molecule has 1 N–H and O–H groups in total. The third-order valence-corrected chi connectivity index (χ3v) is 5.05. The minimum atomic E-state index is -0.723. The second kappa shape index (κ2) is 7.16. The summed E-state index contributed by atoms with van der Waals surface area (Å²) in [5, 5.41) is 0.566. The molecule has 0 spiro atoms. The second-order valence-electron chi connectivity index (χ2n) is 6.47. The number of rotatable bonds is 4. The highest BCUT2D eigenvalue weighted by Crippen LogP contribution is 2.27. The van der Waals surface area contributed by atoms with Crippen molar-refractivity contribution in [1.82, 2.24) is 19.5 Å². The summed E-state index contributed by atoms with van der Waals surface area (Å²) in [5.74, 6) is -0.0876. The van der Waals surface area contributed by atoms with Gasteiger partial charge in [-0.3, -0.25) is 9.78 Å². The molecule has 2 aromatic carbocycles. The van der Waals surface area contributed by atoms with Crippen LogP contribution >= 0.6 is 11.6 Å². The molecule has 28 heavy (non-hydrogen) atoms. The van der Waals surface area contributed by atoms with Crippen LogP contribution in [0.2, 0.25) is 5.02 Å². The van der Waals surface area contributed by atoms with Crippen molar-refractivity contribution in [1.29, 1.82) is 0 Å². The van der Waals surface area contributed by atoms with E-state index in [-0.39, 0.29) is 17.3 Å². The van der Waals surface area contributed by atoms with Crippen LogP contribution in [0, 0.1) is 5.82 Å². The van der Waals surface area contributed by atoms with Crippen LogP contribution in [-0.4, -0.2) is 19.5 Å². The van der Waals surface area contributed by atoms with Crippen LogP contribution in [0.1, 0.15) is 18.1 Å². The van der Waals surface area contributed by atoms with Crippen molar-refractivity contribution in [2.75, 3.05) is 0 Å². The van der Waals surface area contributed by atoms with E-state index in [0.717, 1.165) is 23.1 Å². The number of aromatic amines is 1. The SMILES string of the molecule is CCc1cc2c(cc1Cl)nc1c(=O)[nH]c(=O)nc-1n2CCc1ccc(F)cc1. The highest BCUT2D eigenvalue weighted by Gasteiger charge is 2.19. The second-order valence-corrected chi connectivity index (χ2v) is 6.88. The van der Waals surface area contributed by atoms with Gasteiger partial charge < -0.3 is 4.57 Å². The van der Waals surface area contributed by atoms with Crippen molar-refractivity contribution in [2.24, 2.45) is 0 Å². The van der Waals surface area contributed by atoms with E-state index < -0.39 is 11.2 Å². The van der Waals surface area contributed by atoms with Gasteiger partial charge in [0.1, 0.15) is 5.82 Å². The third kappa shape index (κ3) is 3.29. The summed E-state index contributed by atoms with van der Waals surface area (Å²) in [5.41, 5.74) is 1.88. The topological polar surface area (TPSA) is 80.6 Å². The first-order valence-electron chi connectivity index (χ1n) is 8.83. The van der Waals surface area contributed by atoms with Gasteiger partial charge in [0.15, 0.2) is 11.5 Å². The number of H-pyrrole nitrogens is 1. The van der Waals surface area contributed by atoms with Crippen LogP contribution in [0.25, 0.3) is 22.6 Å². The Morgan fingerprint density at radius 3 is 2.61 bits per heavy atom. The Kier molecular flexibility index (Phi) is 4.68. The first-order chi connectivity index (χ1) is 13.5. The largest absolute Gasteiger partial charge is 0.349 e. The third-order valence-electron chi connectivity index (χ3n) is 4.70. The molecule has 0 aliphatic carbocycles. The molecule has 2 heterocycles. The summed E-state index contributed by atoms with van der Waals surface area (Å²) in [6, 6.07) is 9.83. The number of nitrogens with one attached hydrogen (secondary N) is 1. The smallest absolute Gasteiger partial charge is 0.322 e. The molecule has 6 nitrogen and oxygen atoms in total. The minimum Gasteiger partial charge on any atom is -0.322 e. The number of aryl methyl sites for hydroxylation is 3. The van der Waals surface area contributed by atoms with Gasteiger partial charge in [-0.2, -0.15) is 4.98 Å². The maximum atomic E-state index is 13.2. The Morgan fingerprint density at radius 1 is 1.14 bits per heavy atom. The zero-order valence-electron chi connectivity index (χ0n) is 15.0. The lowest BCUT2D eigenvalue weighted by Gasteiger charge is -2.18. The molecule has 2 aromatic rings. The van der Waals surface area contributed by atoms with Crippen LogP contribution in [0.4, 0.5) is 4.39 Å². The van der Waals surface area contributed by atoms with Gasteiger partial charge in [-0.05, 0) is 48.2 Å². The molecule has 0 atom stereocenters. The molecule has 2 aliphatic rings. The Hall–Kier alpha value is -3.06. The van der Waals surface area contributed by atoms with E-state index in [9.17, 15) is 14.0 Å². The van der Waals surface area contributed by atoms with Gasteiger partial charge in [0.25, 0.3) is 5.56 Å². The van der Waals surface area contributed by atoms with Gasteiger partial charge in [0, 0.05) is 11.6 Å². The van der Waals surface area contributed by atoms with Gasteiger partial charge in [0.2, 0.25) is 0 Å². The molecular formula is C20H16ClFN4O2. The van der Waals surface area contributed by atoms with E-state index >= 15 is 0 Å². The molecule has 0 saturated carbocycles. The minimum absolute atomic E-state index is 0.0755. The molecule has 2 aliphatic heterocycles. The van der Waals surface area contributed by atoms with E-state index in [2.05, 4.69) is 15.0 Å². The van der Waals surface area contributed by atoms with Gasteiger partial charge in [0.05, 0.1) is 11.0 Å². The molecule has 0 radical (unpaired) electrons. The van der Waals surface area contributed by atoms with Gasteiger partial charge >= 0.3 is 5.69 Å². The molecule has 8 heteroatoms. The molecule has 142 valence electrons. The summed E-state index contributed by atoms with van der Waals surface area (Å²) < 4.78 is 15.0. The normalized spacial score (nSPS) is 11.4. The van der Waals surface area contributed by atoms with Crippen molar-refractivity contribution in [2.45, 2.75) is 26.3 Å². The van der Waals surface area contributed by atoms with E-state index in [1.807, 2.05) is 13.0 Å². The Bertz CT molecular complexity index is 1260. The molecule has 0 saturated heterocycles. The number of hydrogen-bond donors (Lipinski definition) is 1. The van der Waals surface area contributed by atoms with E-state index in [0.29, 0.717) is 23.5 Å². The zero-order chi connectivity index (χ0) is 19.8. The van der Waals surface area contributed by atoms with Crippen molar-refractivity contribution >= 4 is 22.6 Å². The first kappa shape index (κ1) is 18.3. The number of halogens is 2. The van der Waals surface area contributed by atoms with E-state index in [4.69, 9.17) is 11.6 Å². The molecule has 0 bridgehead atoms. The van der Waals surface area contributed by atoms with Crippen LogP contribution in [0.3, 0.4) is 0 Å². The average Bonchev–Trinajstić information content (AvgIpc) is 2.66. The van der Waals surface area contributed by atoms with Crippen LogP contribution < -0.4 is 11.2 Å². The molecular weight excluding hydrogens is 383 g/mol. The summed E-state index contributed by atoms with van der Waals surface area (Å²) >= 11 is 6.32. The van der Waals surface area contributed by atoms with Gasteiger partial charge in [-0.1, -0.05) is 30.7 Å². The van der Waals surface area contributed by atoms with Crippen LogP contribution in [0.15, 0.2) is 46.0 Å². The van der Waals surface area contributed by atoms with Crippen molar-refractivity contribution in [3.8, 4) is 11.5 Å². The molecule has 4 rings (SSSR count). The van der Waals surface area contributed by atoms with Gasteiger partial charge in [-0.15, -0.1) is 0 Å². The predicted octanol–water partition coefficient (Wildman–Crippen LogP) is 3.18. The van der Waals surface area contributed by atoms with Crippen molar-refractivity contribution in [3.05, 3.63) is 79.2 Å². The van der Waals surface area contributed by atoms with Crippen molar-refractivity contribution in [3.63, 3.8) is 0 Å². The van der Waals surface area contributed by atoms with E-state index in [1.54, 1.807) is 22.8 Å². The number of hydrogen-bond acceptors (Lipinski definition) is 4. The lowest BCUT2D eigenvalue weighted by molar-refractivity contribution is 0.625. The highest BCUT2D eigenvalue weighted by atomic mass is 35.5. The maximum absolute atomic E-state index is 13.2. The standard InChI is InChI=1S/C20H16ClFN4O2/c1-2-12-9-16-15(10-14(12)21)23-17-18(24-20(28)25-19(17)27)26(16)8-7-11-3-5-13(22)6-4-11/h3-6,9-10H,2,7-8H2,1H3,(H,25,27,28). The fraction of sp³-hybridized carbons (Fsp3) is 0.200. The lowest BCUT2D eigenvalue weighted by Crippen LogP contribution is -2.29. The molecule has 0 amide bonds. The Morgan fingerprint density at radius 2 is 1.89 bits per heavy atom. The number of fused-ring (bicyclic) bond motifs is 2. The Balaban J connectivity index is 1.94. The summed E-state index contributed by atoms with van der Waals surface area (Å²) in [6.45, 7) is 2.42. The Labute approximate surface area is 164 Å². The average molecular weight is 399 g/mol. The predicted molar refractivity (Wildman–Crippen MR) is 106 cm³/mol. The summed E-state index contributed by atoms with van der Waals surface area (Å²) in [4.78, 5) is 34.6. The first-order valence-corrected chi connectivity index (χ1v) is 9.21. The quantitative estimate of drug-likeness (QED) is 0.535. The number of aromatic nitrogens is 4. The summed E-state index contributed by atoms with van der Waals surface area (Å²) in [7, 11) is 0. The zero-order valence-corrected chi connectivity index (χ0v) is 15.8. The maximum Gasteiger partial charge on any atom is 0.349 e. The lowest BCUT2D eigenvalue weighted by atomic mass is 10.1. The number of benzene rings is 2. The molecule has 0 fully saturated rings. The van der Waals surface area contributed by atoms with Crippen LogP contribution in [-0.2, 0) is 19.4 Å². The fourth-order valence-electron chi connectivity index (χ4n) is 3.25. The highest BCUT2D eigenvalue weighted by molar-refractivity contribution is 6.32. The van der Waals surface area contributed by atoms with E-state index in [1.165, 1.54) is 12.1 Å². The monoisotopic (exact) mass is 398 g/mol. The summed E-state index contributed by atoms with van der Waals surface area (Å²) in [6.07, 6.45) is 1.28. The number of nitrogens with zero attached hydrogens (tertiary/aromatic N) is 3. The van der Waals surface area contributed by atoms with Crippen LogP contribution in [0.5, 0.6) is 0 Å². The molecule has 0 unspecified atom stereocenters. The van der Waals surface area contributed by atoms with Gasteiger partial charge in [-0.25, -0.2) is 14.2 Å². The fourth-order valence-corrected chi connectivity index (χ4v) is 3.54.